The van der Waals surface area contributed by atoms with E-state index in [9.17, 15) is 36.6 Å². The fourth-order valence-electron chi connectivity index (χ4n) is 3.72. The molecule has 0 amide bonds. The molecule has 1 atom stereocenters. The average molecular weight is 526 g/mol. The molecule has 2 aromatic heterocycles. The predicted octanol–water partition coefficient (Wildman–Crippen LogP) is 5.17. The smallest absolute Gasteiger partial charge is 0.416 e. The molecule has 0 aliphatic carbocycles. The fraction of sp³-hybridized carbons (Fsp3) is 0.250. The third-order valence-electron chi connectivity index (χ3n) is 5.54. The number of ether oxygens (including phenoxy) is 1. The molecule has 0 radical (unpaired) electrons. The maximum atomic E-state index is 13.9. The second-order valence-electron chi connectivity index (χ2n) is 7.99. The van der Waals surface area contributed by atoms with E-state index in [-0.39, 0.29) is 28.1 Å². The first-order chi connectivity index (χ1) is 17.0. The number of rotatable bonds is 7. The Bertz CT molecular complexity index is 1510. The van der Waals surface area contributed by atoms with Gasteiger partial charge in [0.05, 0.1) is 17.5 Å². The summed E-state index contributed by atoms with van der Waals surface area (Å²) < 4.78 is 72.7. The minimum Gasteiger partial charge on any atom is -0.488 e. The number of aliphatic hydroxyl groups excluding tert-OH is 1. The Morgan fingerprint density at radius 2 is 1.81 bits per heavy atom. The van der Waals surface area contributed by atoms with Gasteiger partial charge in [-0.1, -0.05) is 30.3 Å². The van der Waals surface area contributed by atoms with E-state index in [2.05, 4.69) is 0 Å². The summed E-state index contributed by atoms with van der Waals surface area (Å²) in [5.74, 6) is -0.0422. The van der Waals surface area contributed by atoms with Gasteiger partial charge in [-0.15, -0.1) is 11.3 Å². The first-order valence-corrected chi connectivity index (χ1v) is 11.4. The van der Waals surface area contributed by atoms with Crippen LogP contribution in [0.4, 0.5) is 22.0 Å². The Morgan fingerprint density at radius 3 is 2.44 bits per heavy atom. The van der Waals surface area contributed by atoms with Gasteiger partial charge in [0.2, 0.25) is 0 Å². The van der Waals surface area contributed by atoms with Gasteiger partial charge in [-0.2, -0.15) is 13.2 Å². The van der Waals surface area contributed by atoms with Gasteiger partial charge < -0.3 is 9.84 Å². The van der Waals surface area contributed by atoms with E-state index >= 15 is 0 Å². The number of aromatic nitrogens is 2. The second kappa shape index (κ2) is 9.86. The summed E-state index contributed by atoms with van der Waals surface area (Å²) in [5, 5.41) is 9.41. The molecule has 12 heteroatoms. The Labute approximate surface area is 204 Å². The molecule has 2 N–H and O–H groups in total. The number of aromatic amines is 1. The van der Waals surface area contributed by atoms with E-state index in [1.807, 2.05) is 11.1 Å². The second-order valence-corrected chi connectivity index (χ2v) is 8.99. The lowest BCUT2D eigenvalue weighted by Crippen LogP contribution is -2.38. The van der Waals surface area contributed by atoms with Crippen LogP contribution in [0.1, 0.15) is 23.1 Å². The summed E-state index contributed by atoms with van der Waals surface area (Å²) in [6.45, 7) is 0.425. The van der Waals surface area contributed by atoms with Gasteiger partial charge in [0, 0.05) is 4.88 Å². The number of hydrogen-bond donors (Lipinski definition) is 2. The molecule has 6 nitrogen and oxygen atoms in total. The van der Waals surface area contributed by atoms with Crippen molar-refractivity contribution in [3.05, 3.63) is 86.1 Å². The Morgan fingerprint density at radius 1 is 1.11 bits per heavy atom. The molecule has 2 aromatic carbocycles. The lowest BCUT2D eigenvalue weighted by molar-refractivity contribution is -0.207. The van der Waals surface area contributed by atoms with Crippen LogP contribution in [0.3, 0.4) is 0 Å². The fourth-order valence-corrected chi connectivity index (χ4v) is 5.03. The van der Waals surface area contributed by atoms with Gasteiger partial charge in [-0.05, 0) is 41.8 Å². The molecule has 4 rings (SSSR count). The number of benzene rings is 2. The monoisotopic (exact) mass is 526 g/mol. The van der Waals surface area contributed by atoms with Gasteiger partial charge in [0.1, 0.15) is 17.2 Å². The normalized spacial score (nSPS) is 12.9. The van der Waals surface area contributed by atoms with Crippen molar-refractivity contribution >= 4 is 21.6 Å². The van der Waals surface area contributed by atoms with Crippen LogP contribution in [0, 0.1) is 6.92 Å². The molecular weight excluding hydrogens is 507 g/mol. The number of nitrogens with one attached hydrogen (secondary N) is 1. The quantitative estimate of drug-likeness (QED) is 0.326. The molecule has 0 spiro atoms. The molecule has 0 aliphatic rings. The minimum absolute atomic E-state index is 0.0422. The molecule has 0 unspecified atom stereocenters. The van der Waals surface area contributed by atoms with Crippen molar-refractivity contribution in [3.8, 4) is 16.2 Å². The molecule has 36 heavy (non-hydrogen) atoms. The molecular formula is C24H19F5N2O4S. The van der Waals surface area contributed by atoms with E-state index in [0.29, 0.717) is 15.0 Å². The molecule has 0 bridgehead atoms. The summed E-state index contributed by atoms with van der Waals surface area (Å²) >= 11 is 0.800. The highest BCUT2D eigenvalue weighted by molar-refractivity contribution is 7.22. The average Bonchev–Trinajstić information content (AvgIpc) is 3.17. The number of halogens is 5. The molecule has 190 valence electrons. The largest absolute Gasteiger partial charge is 0.488 e. The van der Waals surface area contributed by atoms with Crippen molar-refractivity contribution in [3.63, 3.8) is 0 Å². The molecule has 4 aromatic rings. The molecule has 0 saturated carbocycles. The summed E-state index contributed by atoms with van der Waals surface area (Å²) in [6, 6.07) is 13.0. The number of alkyl halides is 5. The number of hydrogen-bond acceptors (Lipinski definition) is 5. The van der Waals surface area contributed by atoms with Gasteiger partial charge in [0.25, 0.3) is 12.0 Å². The summed E-state index contributed by atoms with van der Waals surface area (Å²) in [4.78, 5) is 26.9. The highest BCUT2D eigenvalue weighted by Crippen LogP contribution is 2.40. The maximum absolute atomic E-state index is 13.9. The van der Waals surface area contributed by atoms with E-state index in [4.69, 9.17) is 4.74 Å². The highest BCUT2D eigenvalue weighted by Gasteiger charge is 2.39. The molecule has 2 heterocycles. The number of thiophene rings is 1. The zero-order chi connectivity index (χ0) is 26.2. The van der Waals surface area contributed by atoms with Crippen LogP contribution in [0.25, 0.3) is 20.7 Å². The van der Waals surface area contributed by atoms with E-state index < -0.39 is 42.1 Å². The third kappa shape index (κ3) is 5.05. The summed E-state index contributed by atoms with van der Waals surface area (Å²) in [6.07, 6.45) is -10.7. The van der Waals surface area contributed by atoms with Crippen molar-refractivity contribution < 1.29 is 31.8 Å². The number of fused-ring (bicyclic) bond motifs is 1. The standard InChI is InChI=1S/C24H19F5N2O4S/c1-12-18-21(33)30-23(34)31(10-17(32)24(27,28)29)22(18)36-19(12)14-7-8-16(15(9-14)20(25)26)35-11-13-5-3-2-4-6-13/h2-9,17,20,32H,10-11H2,1H3,(H,30,33,34)/t17-/m1/s1. The molecule has 0 saturated heterocycles. The third-order valence-corrected chi connectivity index (χ3v) is 6.91. The van der Waals surface area contributed by atoms with Crippen LogP contribution >= 0.6 is 11.3 Å². The van der Waals surface area contributed by atoms with Crippen LogP contribution in [0.5, 0.6) is 5.75 Å². The van der Waals surface area contributed by atoms with Gasteiger partial charge in [-0.3, -0.25) is 14.3 Å². The van der Waals surface area contributed by atoms with Crippen LogP contribution in [-0.4, -0.2) is 26.9 Å². The van der Waals surface area contributed by atoms with Crippen molar-refractivity contribution in [2.45, 2.75) is 38.8 Å². The van der Waals surface area contributed by atoms with Crippen molar-refractivity contribution in [2.75, 3.05) is 0 Å². The Hall–Kier alpha value is -3.51. The van der Waals surface area contributed by atoms with Crippen LogP contribution < -0.4 is 16.0 Å². The summed E-state index contributed by atoms with van der Waals surface area (Å²) in [7, 11) is 0. The molecule has 0 aliphatic heterocycles. The lowest BCUT2D eigenvalue weighted by atomic mass is 10.0. The number of aliphatic hydroxyl groups is 1. The van der Waals surface area contributed by atoms with Crippen molar-refractivity contribution in [1.82, 2.24) is 9.55 Å². The maximum Gasteiger partial charge on any atom is 0.416 e. The topological polar surface area (TPSA) is 84.3 Å². The SMILES string of the molecule is Cc1c(-c2ccc(OCc3ccccc3)c(C(F)F)c2)sc2c1c(=O)[nH]c(=O)n2C[C@@H](O)C(F)(F)F. The Kier molecular flexibility index (Phi) is 7.01. The first kappa shape index (κ1) is 25.6. The number of nitrogens with zero attached hydrogens (tertiary/aromatic N) is 1. The highest BCUT2D eigenvalue weighted by atomic mass is 32.1. The number of aryl methyl sites for hydroxylation is 1. The van der Waals surface area contributed by atoms with E-state index in [0.717, 1.165) is 16.9 Å². The van der Waals surface area contributed by atoms with E-state index in [1.54, 1.807) is 24.3 Å². The van der Waals surface area contributed by atoms with Gasteiger partial charge >= 0.3 is 11.9 Å². The van der Waals surface area contributed by atoms with E-state index in [1.165, 1.54) is 25.1 Å². The van der Waals surface area contributed by atoms with Gasteiger partial charge in [0.15, 0.2) is 6.10 Å². The zero-order valence-electron chi connectivity index (χ0n) is 18.6. The van der Waals surface area contributed by atoms with Gasteiger partial charge in [-0.25, -0.2) is 13.6 Å². The minimum atomic E-state index is -4.99. The van der Waals surface area contributed by atoms with Crippen LogP contribution in [0.15, 0.2) is 58.1 Å². The van der Waals surface area contributed by atoms with Crippen LogP contribution in [0.2, 0.25) is 0 Å². The van der Waals surface area contributed by atoms with Crippen molar-refractivity contribution in [1.29, 1.82) is 0 Å². The molecule has 0 fully saturated rings. The Balaban J connectivity index is 1.78. The first-order valence-electron chi connectivity index (χ1n) is 10.6. The predicted molar refractivity (Wildman–Crippen MR) is 125 cm³/mol. The van der Waals surface area contributed by atoms with Crippen molar-refractivity contribution in [2.24, 2.45) is 0 Å². The van der Waals surface area contributed by atoms with Crippen LogP contribution in [-0.2, 0) is 13.2 Å². The number of H-pyrrole nitrogens is 1. The lowest BCUT2D eigenvalue weighted by Gasteiger charge is -2.15. The zero-order valence-corrected chi connectivity index (χ0v) is 19.4. The summed E-state index contributed by atoms with van der Waals surface area (Å²) in [5.41, 5.74) is -1.01.